The summed E-state index contributed by atoms with van der Waals surface area (Å²) < 4.78 is 11.0. The SMILES string of the molecule is COC(=O)C1(Sc2ccc(Cl)s2)COC1. The zero-order valence-corrected chi connectivity index (χ0v) is 10.4. The van der Waals surface area contributed by atoms with Crippen LogP contribution in [0.5, 0.6) is 0 Å². The smallest absolute Gasteiger partial charge is 0.327 e. The maximum Gasteiger partial charge on any atom is 0.327 e. The molecule has 0 unspecified atom stereocenters. The van der Waals surface area contributed by atoms with Gasteiger partial charge in [0.1, 0.15) is 0 Å². The molecule has 0 atom stereocenters. The van der Waals surface area contributed by atoms with E-state index >= 15 is 0 Å². The molecule has 0 N–H and O–H groups in total. The Bertz CT molecular complexity index is 373. The van der Waals surface area contributed by atoms with Crippen LogP contribution in [0, 0.1) is 0 Å². The average molecular weight is 265 g/mol. The van der Waals surface area contributed by atoms with Crippen LogP contribution in [0.3, 0.4) is 0 Å². The fourth-order valence-electron chi connectivity index (χ4n) is 1.24. The molecule has 2 rings (SSSR count). The minimum atomic E-state index is -0.567. The van der Waals surface area contributed by atoms with Crippen LogP contribution in [-0.2, 0) is 14.3 Å². The summed E-state index contributed by atoms with van der Waals surface area (Å²) in [5, 5.41) is 0. The third-order valence-electron chi connectivity index (χ3n) is 2.07. The van der Waals surface area contributed by atoms with Crippen LogP contribution >= 0.6 is 34.7 Å². The van der Waals surface area contributed by atoms with Gasteiger partial charge >= 0.3 is 5.97 Å². The summed E-state index contributed by atoms with van der Waals surface area (Å²) in [7, 11) is 1.39. The molecule has 1 aliphatic rings. The number of halogens is 1. The van der Waals surface area contributed by atoms with Gasteiger partial charge < -0.3 is 9.47 Å². The molecule has 0 aliphatic carbocycles. The van der Waals surface area contributed by atoms with Gasteiger partial charge in [-0.3, -0.25) is 4.79 Å². The summed E-state index contributed by atoms with van der Waals surface area (Å²) in [5.41, 5.74) is 0. The highest BCUT2D eigenvalue weighted by Crippen LogP contribution is 2.43. The van der Waals surface area contributed by atoms with Crippen molar-refractivity contribution >= 4 is 40.7 Å². The van der Waals surface area contributed by atoms with Gasteiger partial charge in [-0.15, -0.1) is 11.3 Å². The highest BCUT2D eigenvalue weighted by atomic mass is 35.5. The molecular weight excluding hydrogens is 256 g/mol. The van der Waals surface area contributed by atoms with Crippen molar-refractivity contribution in [3.8, 4) is 0 Å². The number of methoxy groups -OCH3 is 1. The van der Waals surface area contributed by atoms with Crippen LogP contribution < -0.4 is 0 Å². The van der Waals surface area contributed by atoms with E-state index in [1.54, 1.807) is 0 Å². The van der Waals surface area contributed by atoms with Crippen molar-refractivity contribution in [2.45, 2.75) is 8.96 Å². The predicted molar refractivity (Wildman–Crippen MR) is 60.8 cm³/mol. The number of thioether (sulfide) groups is 1. The first kappa shape index (κ1) is 11.3. The number of rotatable bonds is 3. The van der Waals surface area contributed by atoms with Crippen molar-refractivity contribution in [3.05, 3.63) is 16.5 Å². The zero-order valence-electron chi connectivity index (χ0n) is 7.99. The number of ether oxygens (including phenoxy) is 2. The number of esters is 1. The molecule has 0 amide bonds. The monoisotopic (exact) mass is 264 g/mol. The summed E-state index contributed by atoms with van der Waals surface area (Å²) in [6, 6.07) is 3.72. The third kappa shape index (κ3) is 2.15. The molecular formula is C9H9ClO3S2. The van der Waals surface area contributed by atoms with E-state index in [4.69, 9.17) is 21.1 Å². The maximum absolute atomic E-state index is 11.6. The van der Waals surface area contributed by atoms with Crippen LogP contribution in [0.4, 0.5) is 0 Å². The summed E-state index contributed by atoms with van der Waals surface area (Å²) in [6.45, 7) is 0.805. The molecule has 2 heterocycles. The average Bonchev–Trinajstić information content (AvgIpc) is 2.56. The Morgan fingerprint density at radius 2 is 2.40 bits per heavy atom. The molecule has 1 fully saturated rings. The van der Waals surface area contributed by atoms with Crippen LogP contribution in [0.2, 0.25) is 4.34 Å². The number of carbonyl (C=O) groups excluding carboxylic acids is 1. The Labute approximate surface area is 101 Å². The molecule has 1 saturated heterocycles. The Morgan fingerprint density at radius 1 is 1.67 bits per heavy atom. The first-order valence-electron chi connectivity index (χ1n) is 4.27. The van der Waals surface area contributed by atoms with E-state index in [2.05, 4.69) is 0 Å². The van der Waals surface area contributed by atoms with E-state index in [1.807, 2.05) is 12.1 Å². The van der Waals surface area contributed by atoms with E-state index in [-0.39, 0.29) is 5.97 Å². The van der Waals surface area contributed by atoms with Crippen LogP contribution in [0.25, 0.3) is 0 Å². The first-order chi connectivity index (χ1) is 7.16. The van der Waals surface area contributed by atoms with E-state index in [0.717, 1.165) is 8.55 Å². The summed E-state index contributed by atoms with van der Waals surface area (Å²) in [4.78, 5) is 11.6. The molecule has 82 valence electrons. The summed E-state index contributed by atoms with van der Waals surface area (Å²) >= 11 is 8.74. The molecule has 0 aromatic carbocycles. The number of hydrogen-bond donors (Lipinski definition) is 0. The van der Waals surface area contributed by atoms with Gasteiger partial charge in [0.2, 0.25) is 0 Å². The van der Waals surface area contributed by atoms with Gasteiger partial charge in [-0.05, 0) is 12.1 Å². The van der Waals surface area contributed by atoms with Crippen LogP contribution in [0.1, 0.15) is 0 Å². The second-order valence-electron chi connectivity index (χ2n) is 3.14. The van der Waals surface area contributed by atoms with Gasteiger partial charge in [0.25, 0.3) is 0 Å². The van der Waals surface area contributed by atoms with Crippen LogP contribution in [0.15, 0.2) is 16.3 Å². The topological polar surface area (TPSA) is 35.5 Å². The largest absolute Gasteiger partial charge is 0.468 e. The fourth-order valence-corrected chi connectivity index (χ4v) is 4.04. The molecule has 15 heavy (non-hydrogen) atoms. The van der Waals surface area contributed by atoms with Gasteiger partial charge in [0.15, 0.2) is 4.75 Å². The first-order valence-corrected chi connectivity index (χ1v) is 6.28. The summed E-state index contributed by atoms with van der Waals surface area (Å²) in [5.74, 6) is -0.233. The fraction of sp³-hybridized carbons (Fsp3) is 0.444. The molecule has 3 nitrogen and oxygen atoms in total. The minimum absolute atomic E-state index is 0.233. The van der Waals surface area contributed by atoms with E-state index < -0.39 is 4.75 Å². The third-order valence-corrected chi connectivity index (χ3v) is 4.73. The maximum atomic E-state index is 11.6. The second-order valence-corrected chi connectivity index (χ2v) is 6.54. The standard InChI is InChI=1S/C9H9ClO3S2/c1-12-8(11)9(4-13-5-9)15-7-3-2-6(10)14-7/h2-3H,4-5H2,1H3. The van der Waals surface area contributed by atoms with Crippen molar-refractivity contribution in [1.82, 2.24) is 0 Å². The molecule has 1 aromatic rings. The van der Waals surface area contributed by atoms with Gasteiger partial charge in [-0.1, -0.05) is 23.4 Å². The Balaban J connectivity index is 2.11. The minimum Gasteiger partial charge on any atom is -0.468 e. The van der Waals surface area contributed by atoms with Crippen molar-refractivity contribution in [3.63, 3.8) is 0 Å². The second kappa shape index (κ2) is 4.33. The van der Waals surface area contributed by atoms with E-state index in [0.29, 0.717) is 13.2 Å². The van der Waals surface area contributed by atoms with Crippen molar-refractivity contribution in [2.24, 2.45) is 0 Å². The van der Waals surface area contributed by atoms with Gasteiger partial charge in [0, 0.05) is 0 Å². The Kier molecular flexibility index (Phi) is 3.25. The summed E-state index contributed by atoms with van der Waals surface area (Å²) in [6.07, 6.45) is 0. The normalized spacial score (nSPS) is 18.3. The number of thiophene rings is 1. The van der Waals surface area contributed by atoms with Crippen molar-refractivity contribution in [2.75, 3.05) is 20.3 Å². The number of hydrogen-bond acceptors (Lipinski definition) is 5. The predicted octanol–water partition coefficient (Wildman–Crippen LogP) is 2.44. The van der Waals surface area contributed by atoms with Crippen LogP contribution in [-0.4, -0.2) is 31.0 Å². The highest BCUT2D eigenvalue weighted by molar-refractivity contribution is 8.03. The molecule has 6 heteroatoms. The Hall–Kier alpha value is -0.230. The molecule has 0 bridgehead atoms. The number of carbonyl (C=O) groups is 1. The highest BCUT2D eigenvalue weighted by Gasteiger charge is 2.48. The molecule has 1 aromatic heterocycles. The lowest BCUT2D eigenvalue weighted by atomic mass is 10.1. The quantitative estimate of drug-likeness (QED) is 0.786. The van der Waals surface area contributed by atoms with Gasteiger partial charge in [0.05, 0.1) is 28.9 Å². The molecule has 1 aliphatic heterocycles. The Morgan fingerprint density at radius 3 is 2.80 bits per heavy atom. The zero-order chi connectivity index (χ0) is 10.9. The lowest BCUT2D eigenvalue weighted by molar-refractivity contribution is -0.155. The lowest BCUT2D eigenvalue weighted by Crippen LogP contribution is -2.53. The molecule has 0 saturated carbocycles. The lowest BCUT2D eigenvalue weighted by Gasteiger charge is -2.37. The van der Waals surface area contributed by atoms with Gasteiger partial charge in [-0.25, -0.2) is 0 Å². The van der Waals surface area contributed by atoms with E-state index in [9.17, 15) is 4.79 Å². The van der Waals surface area contributed by atoms with E-state index in [1.165, 1.54) is 30.2 Å². The van der Waals surface area contributed by atoms with Gasteiger partial charge in [-0.2, -0.15) is 0 Å². The molecule has 0 spiro atoms. The van der Waals surface area contributed by atoms with Crippen molar-refractivity contribution < 1.29 is 14.3 Å². The molecule has 0 radical (unpaired) electrons. The van der Waals surface area contributed by atoms with Crippen molar-refractivity contribution in [1.29, 1.82) is 0 Å².